The number of Topliss-reactive ketones (excluding diaryl/α,β-unsaturated/α-hetero) is 3. The van der Waals surface area contributed by atoms with Crippen molar-refractivity contribution in [3.63, 3.8) is 0 Å². The molecule has 4 aliphatic heterocycles. The first-order valence-corrected chi connectivity index (χ1v) is 44.7. The minimum Gasteiger partial charge on any atom is -0.477 e. The van der Waals surface area contributed by atoms with Crippen LogP contribution in [0.4, 0.5) is 30.4 Å². The quantitative estimate of drug-likeness (QED) is 0.0390. The van der Waals surface area contributed by atoms with Gasteiger partial charge in [0.1, 0.15) is 34.1 Å². The number of hydrogen-bond acceptors (Lipinski definition) is 16. The van der Waals surface area contributed by atoms with Crippen LogP contribution in [-0.4, -0.2) is 83.7 Å². The maximum absolute atomic E-state index is 15.2. The summed E-state index contributed by atoms with van der Waals surface area (Å²) in [5.41, 5.74) is 30.5. The fourth-order valence-electron chi connectivity index (χ4n) is 20.8. The van der Waals surface area contributed by atoms with Gasteiger partial charge in [0, 0.05) is 197 Å². The number of H-pyrrole nitrogens is 4. The first kappa shape index (κ1) is 84.4. The van der Waals surface area contributed by atoms with Crippen LogP contribution in [-0.2, 0) is 104 Å². The Morgan fingerprint density at radius 1 is 0.398 bits per heavy atom. The zero-order valence-electron chi connectivity index (χ0n) is 72.5. The summed E-state index contributed by atoms with van der Waals surface area (Å²) in [7, 11) is 0. The molecule has 25 nitrogen and oxygen atoms in total. The summed E-state index contributed by atoms with van der Waals surface area (Å²) in [6, 6.07) is 42.1. The number of carbonyl (C=O) groups is 4. The smallest absolute Gasteiger partial charge is 0.353 e. The van der Waals surface area contributed by atoms with Gasteiger partial charge < -0.3 is 49.0 Å². The molecule has 0 atom stereocenters. The van der Waals surface area contributed by atoms with Gasteiger partial charge in [-0.05, 0) is 261 Å². The molecule has 0 bridgehead atoms. The molecule has 4 aliphatic carbocycles. The summed E-state index contributed by atoms with van der Waals surface area (Å²) in [6.07, 6.45) is 20.8. The Hall–Kier alpha value is -15.5. The average Bonchev–Trinajstić information content (AvgIpc) is 1.59. The first-order valence-electron chi connectivity index (χ1n) is 44.4. The summed E-state index contributed by atoms with van der Waals surface area (Å²) in [6.45, 7) is 6.41. The number of azo groups is 2. The number of aromatic nitrogens is 9. The van der Waals surface area contributed by atoms with Crippen molar-refractivity contribution in [2.24, 2.45) is 36.2 Å². The molecule has 662 valence electrons. The number of rotatable bonds is 16. The molecule has 7 N–H and O–H groups in total. The number of carbonyl (C=O) groups excluding carboxylic acids is 3. The third-order valence-corrected chi connectivity index (χ3v) is 27.2. The van der Waals surface area contributed by atoms with Crippen molar-refractivity contribution >= 4 is 108 Å². The zero-order valence-corrected chi connectivity index (χ0v) is 73.3. The van der Waals surface area contributed by atoms with E-state index in [1.165, 1.54) is 83.5 Å². The van der Waals surface area contributed by atoms with Crippen molar-refractivity contribution in [3.8, 4) is 44.5 Å². The number of nitrogens with zero attached hydrogens (tertiary/aromatic N) is 11. The molecule has 7 aromatic carbocycles. The molecule has 16 aromatic rings. The zero-order chi connectivity index (χ0) is 91.6. The predicted octanol–water partition coefficient (Wildman–Crippen LogP) is 19.6. The summed E-state index contributed by atoms with van der Waals surface area (Å²) >= 11 is 6.48. The lowest BCUT2D eigenvalue weighted by atomic mass is 9.99. The number of benzene rings is 7. The fraction of sp³-hybridized carbons (Fsp3) is 0.221. The van der Waals surface area contributed by atoms with E-state index in [4.69, 9.17) is 17.3 Å². The second kappa shape index (κ2) is 33.8. The van der Waals surface area contributed by atoms with Crippen LogP contribution < -0.4 is 28.0 Å². The first-order chi connectivity index (χ1) is 64.4. The third-order valence-electron chi connectivity index (χ3n) is 26.9. The lowest BCUT2D eigenvalue weighted by molar-refractivity contribution is 0.0686. The Kier molecular flexibility index (Phi) is 21.5. The molecule has 29 heteroatoms. The number of hydrogen-bond donors (Lipinski definition) is 6. The van der Waals surface area contributed by atoms with Gasteiger partial charge in [0.15, 0.2) is 23.2 Å². The topological polar surface area (TPSA) is 353 Å². The van der Waals surface area contributed by atoms with E-state index in [1.807, 2.05) is 19.8 Å². The number of carboxylic acid groups (broad SMARTS) is 1. The number of nitrogens with one attached hydrogen (secondary N) is 4. The van der Waals surface area contributed by atoms with Crippen molar-refractivity contribution in [3.05, 3.63) is 346 Å². The number of aromatic amines is 4. The molecular formula is C104H84ClF3N16O9. The van der Waals surface area contributed by atoms with Crippen LogP contribution >= 0.6 is 11.6 Å². The molecule has 8 aliphatic rings. The summed E-state index contributed by atoms with van der Waals surface area (Å²) < 4.78 is 52.6. The van der Waals surface area contributed by atoms with Crippen molar-refractivity contribution in [2.45, 2.75) is 150 Å². The molecule has 9 aromatic heterocycles. The van der Waals surface area contributed by atoms with Gasteiger partial charge in [-0.3, -0.25) is 38.6 Å². The number of ketones is 3. The van der Waals surface area contributed by atoms with Gasteiger partial charge >= 0.3 is 5.97 Å². The van der Waals surface area contributed by atoms with Gasteiger partial charge in [-0.25, -0.2) is 27.9 Å². The Balaban J connectivity index is 0.000000107. The number of aromatic carboxylic acids is 1. The Morgan fingerprint density at radius 3 is 1.14 bits per heavy atom. The van der Waals surface area contributed by atoms with E-state index in [0.29, 0.717) is 144 Å². The lowest BCUT2D eigenvalue weighted by Gasteiger charge is -2.13. The maximum Gasteiger partial charge on any atom is 0.353 e. The van der Waals surface area contributed by atoms with E-state index in [1.54, 1.807) is 102 Å². The molecule has 0 unspecified atom stereocenters. The summed E-state index contributed by atoms with van der Waals surface area (Å²) in [5.74, 6) is -1.80. The number of aliphatic imine (C=N–C) groups is 2. The normalized spacial score (nSPS) is 14.2. The maximum atomic E-state index is 15.2. The second-order valence-electron chi connectivity index (χ2n) is 35.0. The Labute approximate surface area is 760 Å². The lowest BCUT2D eigenvalue weighted by Crippen LogP contribution is -2.14. The fourth-order valence-corrected chi connectivity index (χ4v) is 21.0. The van der Waals surface area contributed by atoms with Crippen LogP contribution in [0.3, 0.4) is 0 Å². The van der Waals surface area contributed by atoms with E-state index in [0.717, 1.165) is 143 Å². The van der Waals surface area contributed by atoms with Gasteiger partial charge in [-0.15, -0.1) is 0 Å². The largest absolute Gasteiger partial charge is 0.477 e. The molecule has 0 radical (unpaired) electrons. The van der Waals surface area contributed by atoms with Crippen LogP contribution in [0.25, 0.3) is 88.1 Å². The second-order valence-corrected chi connectivity index (χ2v) is 35.4. The van der Waals surface area contributed by atoms with Gasteiger partial charge in [0.05, 0.1) is 74.3 Å². The van der Waals surface area contributed by atoms with Crippen LogP contribution in [0.2, 0.25) is 5.15 Å². The number of amidine groups is 1. The van der Waals surface area contributed by atoms with Crippen LogP contribution in [0, 0.1) is 17.5 Å². The molecule has 0 saturated carbocycles. The van der Waals surface area contributed by atoms with Gasteiger partial charge in [-0.1, -0.05) is 11.6 Å². The third kappa shape index (κ3) is 15.0. The average molecular weight is 1790 g/mol. The Bertz CT molecular complexity index is 7960. The van der Waals surface area contributed by atoms with Crippen molar-refractivity contribution < 1.29 is 37.5 Å². The van der Waals surface area contributed by atoms with Gasteiger partial charge in [-0.2, -0.15) is 20.5 Å². The Morgan fingerprint density at radius 2 is 0.737 bits per heavy atom. The van der Waals surface area contributed by atoms with Crippen molar-refractivity contribution in [2.75, 3.05) is 0 Å². The number of aryl methyl sites for hydroxylation is 8. The van der Waals surface area contributed by atoms with Crippen LogP contribution in [0.15, 0.2) is 214 Å². The minimum absolute atomic E-state index is 0.0678. The highest BCUT2D eigenvalue weighted by atomic mass is 35.5. The number of carboxylic acids is 1. The molecule has 133 heavy (non-hydrogen) atoms. The predicted molar refractivity (Wildman–Crippen MR) is 505 cm³/mol. The molecule has 0 fully saturated rings. The molecule has 0 saturated heterocycles. The summed E-state index contributed by atoms with van der Waals surface area (Å²) in [5, 5.41) is 30.0. The van der Waals surface area contributed by atoms with Gasteiger partial charge in [0.2, 0.25) is 0 Å². The van der Waals surface area contributed by atoms with Crippen LogP contribution in [0.1, 0.15) is 183 Å². The minimum atomic E-state index is -1.10. The van der Waals surface area contributed by atoms with E-state index in [9.17, 15) is 43.5 Å². The standard InChI is InChI=1S/C27H23FN4O2.2C26H21FN4O2.C25H19ClN4O3/c1-14(33)25-24(19-6-3-7-30-27(19)34)21-9-15-4-2-5-16(15)10-23(21)32(25)13-18-8-17-12-31-26(29)20(17)11-22(18)28;1-14(32)25-24(19-6-3-7-28-26(19)33)20-9-15-4-2-5-16(15)10-23(20)31(25)13-18-8-17-12-29-30-22(17)11-21(18)27;1-14(32)25-24(19-6-3-7-28-26(19)33)20-8-15-4-2-5-16(15)11-23(20)31(25)13-18-10-22-17(9-21(18)27)12-29-30-22;26-22-16(9-15-6-8-27-23(15)29-22)12-30-19-11-14-4-1-3-13(14)10-18(19)20(21(30)25(32)33)17-5-2-7-28-24(17)31/h3,6-11H,2,4-5,12-13H2,1H3,(H2,29,31)(H,30,34);2*3,6-11H,2,4-5,12-13H2,1H3,(H,28,33);2,5,7-11H,1,3-4,6,12H2,(H,28,31)(H,32,33). The molecular weight excluding hydrogens is 1710 g/mol. The number of pyridine rings is 5. The number of nitrogens with two attached hydrogens (primary N) is 1. The summed E-state index contributed by atoms with van der Waals surface area (Å²) in [4.78, 5) is 126. The molecule has 0 amide bonds. The molecule has 0 spiro atoms. The molecule has 24 rings (SSSR count). The molecule has 13 heterocycles. The van der Waals surface area contributed by atoms with E-state index < -0.39 is 11.8 Å². The van der Waals surface area contributed by atoms with E-state index in [2.05, 4.69) is 104 Å². The number of fused-ring (bicyclic) bond motifs is 12. The van der Waals surface area contributed by atoms with Crippen molar-refractivity contribution in [1.29, 1.82) is 0 Å². The van der Waals surface area contributed by atoms with Crippen molar-refractivity contribution in [1.82, 2.24) is 43.2 Å². The highest BCUT2D eigenvalue weighted by Gasteiger charge is 2.34. The highest BCUT2D eigenvalue weighted by molar-refractivity contribution is 6.30. The SMILES string of the molecule is CC(=O)c1c(-c2ccc[nH]c2=O)c2cc3c(cc2n1Cc1cc2c(cc1F)C(N)=NC2)CCC3.CC(=O)c1c(-c2ccc[nH]c2=O)c2cc3c(cc2n1Cc1cc2c(cc1F)CN=N2)CCC3.CC(=O)c1c(-c2ccc[nH]c2=O)c2cc3c(cc2n1Cc1cc2c(cc1F)N=NC2)CCC3.O=C(O)c1c(-c2ccc[nH]c2=O)c2cc3c(cc2n1Cc1cc2c(nc1Cl)N=CC2)CCC3. The number of halogens is 4. The monoisotopic (exact) mass is 1790 g/mol. The van der Waals surface area contributed by atoms with E-state index in [-0.39, 0.29) is 83.1 Å². The van der Waals surface area contributed by atoms with Gasteiger partial charge in [0.25, 0.3) is 22.2 Å². The highest BCUT2D eigenvalue weighted by Crippen LogP contribution is 2.46. The van der Waals surface area contributed by atoms with E-state index >= 15 is 13.2 Å². The van der Waals surface area contributed by atoms with Crippen LogP contribution in [0.5, 0.6) is 0 Å².